The lowest BCUT2D eigenvalue weighted by Crippen LogP contribution is -2.64. The van der Waals surface area contributed by atoms with Crippen molar-refractivity contribution in [3.63, 3.8) is 0 Å². The summed E-state index contributed by atoms with van der Waals surface area (Å²) in [6.07, 6.45) is 1.87. The van der Waals surface area contributed by atoms with Gasteiger partial charge in [-0.3, -0.25) is 9.59 Å². The van der Waals surface area contributed by atoms with E-state index in [1.165, 1.54) is 0 Å². The van der Waals surface area contributed by atoms with Crippen molar-refractivity contribution in [1.29, 1.82) is 0 Å². The van der Waals surface area contributed by atoms with Gasteiger partial charge in [-0.2, -0.15) is 0 Å². The number of rotatable bonds is 2. The average Bonchev–Trinajstić information content (AvgIpc) is 2.90. The molecule has 0 aliphatic carbocycles. The smallest absolute Gasteiger partial charge is 0.248 e. The summed E-state index contributed by atoms with van der Waals surface area (Å²) in [5.74, 6) is 1.52. The molecule has 0 spiro atoms. The first-order chi connectivity index (χ1) is 11.5. The number of benzene rings is 1. The molecule has 24 heavy (non-hydrogen) atoms. The Balaban J connectivity index is 1.79. The van der Waals surface area contributed by atoms with Gasteiger partial charge in [-0.25, -0.2) is 0 Å². The van der Waals surface area contributed by atoms with Gasteiger partial charge in [0.2, 0.25) is 11.8 Å². The van der Waals surface area contributed by atoms with E-state index in [4.69, 9.17) is 9.47 Å². The first kappa shape index (κ1) is 15.3. The van der Waals surface area contributed by atoms with Crippen LogP contribution in [0.1, 0.15) is 36.9 Å². The second kappa shape index (κ2) is 5.13. The summed E-state index contributed by atoms with van der Waals surface area (Å²) in [5.41, 5.74) is 1.56. The topological polar surface area (TPSA) is 59.1 Å². The zero-order chi connectivity index (χ0) is 17.1. The third-order valence-corrected chi connectivity index (χ3v) is 5.80. The Morgan fingerprint density at radius 1 is 1.12 bits per heavy atom. The lowest BCUT2D eigenvalue weighted by atomic mass is 9.85. The van der Waals surface area contributed by atoms with Gasteiger partial charge in [0.15, 0.2) is 11.5 Å². The van der Waals surface area contributed by atoms with E-state index in [0.717, 1.165) is 17.5 Å². The summed E-state index contributed by atoms with van der Waals surface area (Å²) >= 11 is 0. The summed E-state index contributed by atoms with van der Waals surface area (Å²) < 4.78 is 10.8. The number of piperazine rings is 1. The largest absolute Gasteiger partial charge is 0.493 e. The van der Waals surface area contributed by atoms with E-state index >= 15 is 0 Å². The Hall–Kier alpha value is -2.24. The van der Waals surface area contributed by atoms with E-state index in [0.29, 0.717) is 37.4 Å². The van der Waals surface area contributed by atoms with Crippen molar-refractivity contribution in [1.82, 2.24) is 9.80 Å². The fourth-order valence-electron chi connectivity index (χ4n) is 4.37. The molecule has 6 nitrogen and oxygen atoms in total. The molecule has 2 atom stereocenters. The standard InChI is InChI=1S/C18H22N2O4/c1-18-6-4-16(21)20(18)10-13-12-9-15(24-3)14(23-2)8-11(12)5-7-19(13)17(18)22/h8-9,13H,4-7,10H2,1-3H3/t13-,18+/m1/s1. The first-order valence-corrected chi connectivity index (χ1v) is 8.36. The predicted octanol–water partition coefficient (Wildman–Crippen LogP) is 1.52. The number of hydrogen-bond acceptors (Lipinski definition) is 4. The normalized spacial score (nSPS) is 28.4. The monoisotopic (exact) mass is 330 g/mol. The minimum absolute atomic E-state index is 0.0741. The van der Waals surface area contributed by atoms with E-state index in [1.54, 1.807) is 19.1 Å². The molecule has 0 bridgehead atoms. The first-order valence-electron chi connectivity index (χ1n) is 8.36. The Labute approximate surface area is 141 Å². The van der Waals surface area contributed by atoms with E-state index < -0.39 is 5.54 Å². The second-order valence-electron chi connectivity index (χ2n) is 6.95. The van der Waals surface area contributed by atoms with Gasteiger partial charge in [0.1, 0.15) is 5.54 Å². The Morgan fingerprint density at radius 2 is 1.83 bits per heavy atom. The minimum atomic E-state index is -0.665. The summed E-state index contributed by atoms with van der Waals surface area (Å²) in [6.45, 7) is 3.15. The molecular weight excluding hydrogens is 308 g/mol. The maximum Gasteiger partial charge on any atom is 0.248 e. The molecule has 0 saturated carbocycles. The molecular formula is C18H22N2O4. The van der Waals surface area contributed by atoms with Crippen LogP contribution in [-0.2, 0) is 16.0 Å². The second-order valence-corrected chi connectivity index (χ2v) is 6.95. The number of carbonyl (C=O) groups excluding carboxylic acids is 2. The quantitative estimate of drug-likeness (QED) is 0.825. The summed E-state index contributed by atoms with van der Waals surface area (Å²) in [4.78, 5) is 29.1. The van der Waals surface area contributed by atoms with Crippen molar-refractivity contribution in [2.45, 2.75) is 37.8 Å². The molecule has 3 aliphatic heterocycles. The molecule has 3 heterocycles. The van der Waals surface area contributed by atoms with Crippen LogP contribution in [0.15, 0.2) is 12.1 Å². The average molecular weight is 330 g/mol. The number of hydrogen-bond donors (Lipinski definition) is 0. The number of ether oxygens (including phenoxy) is 2. The van der Waals surface area contributed by atoms with Gasteiger partial charge in [0.25, 0.3) is 0 Å². The number of amides is 2. The van der Waals surface area contributed by atoms with Crippen LogP contribution in [0.4, 0.5) is 0 Å². The lowest BCUT2D eigenvalue weighted by molar-refractivity contribution is -0.159. The van der Waals surface area contributed by atoms with Crippen LogP contribution in [0, 0.1) is 0 Å². The van der Waals surface area contributed by atoms with Crippen LogP contribution in [0.3, 0.4) is 0 Å². The van der Waals surface area contributed by atoms with Gasteiger partial charge >= 0.3 is 0 Å². The molecule has 128 valence electrons. The number of nitrogens with zero attached hydrogens (tertiary/aromatic N) is 2. The fraction of sp³-hybridized carbons (Fsp3) is 0.556. The Morgan fingerprint density at radius 3 is 2.54 bits per heavy atom. The van der Waals surface area contributed by atoms with Gasteiger partial charge in [0.05, 0.1) is 20.3 Å². The molecule has 6 heteroatoms. The molecule has 0 aromatic heterocycles. The van der Waals surface area contributed by atoms with Gasteiger partial charge in [-0.1, -0.05) is 0 Å². The van der Waals surface area contributed by atoms with Gasteiger partial charge in [-0.15, -0.1) is 0 Å². The molecule has 2 saturated heterocycles. The van der Waals surface area contributed by atoms with Crippen LogP contribution >= 0.6 is 0 Å². The Bertz CT molecular complexity index is 732. The zero-order valence-electron chi connectivity index (χ0n) is 14.3. The lowest BCUT2D eigenvalue weighted by Gasteiger charge is -2.50. The Kier molecular flexibility index (Phi) is 3.27. The highest BCUT2D eigenvalue weighted by atomic mass is 16.5. The minimum Gasteiger partial charge on any atom is -0.493 e. The zero-order valence-corrected chi connectivity index (χ0v) is 14.3. The molecule has 1 aromatic rings. The highest BCUT2D eigenvalue weighted by Crippen LogP contribution is 2.45. The van der Waals surface area contributed by atoms with E-state index in [2.05, 4.69) is 0 Å². The van der Waals surface area contributed by atoms with Crippen molar-refractivity contribution in [2.75, 3.05) is 27.3 Å². The van der Waals surface area contributed by atoms with E-state index in [1.807, 2.05) is 24.0 Å². The molecule has 3 aliphatic rings. The molecule has 0 N–H and O–H groups in total. The van der Waals surface area contributed by atoms with Crippen LogP contribution in [-0.4, -0.2) is 54.5 Å². The fourth-order valence-corrected chi connectivity index (χ4v) is 4.37. The summed E-state index contributed by atoms with van der Waals surface area (Å²) in [5, 5.41) is 0. The maximum atomic E-state index is 13.1. The maximum absolute atomic E-state index is 13.1. The molecule has 4 rings (SSSR count). The van der Waals surface area contributed by atoms with Crippen LogP contribution in [0.25, 0.3) is 0 Å². The number of fused-ring (bicyclic) bond motifs is 4. The van der Waals surface area contributed by atoms with Gasteiger partial charge in [-0.05, 0) is 43.0 Å². The third-order valence-electron chi connectivity index (χ3n) is 5.80. The van der Waals surface area contributed by atoms with Crippen molar-refractivity contribution in [2.24, 2.45) is 0 Å². The van der Waals surface area contributed by atoms with Gasteiger partial charge in [0, 0.05) is 19.5 Å². The molecule has 0 unspecified atom stereocenters. The van der Waals surface area contributed by atoms with Crippen LogP contribution in [0.5, 0.6) is 11.5 Å². The van der Waals surface area contributed by atoms with Gasteiger partial charge < -0.3 is 19.3 Å². The molecule has 2 fully saturated rings. The third kappa shape index (κ3) is 1.88. The van der Waals surface area contributed by atoms with Crippen molar-refractivity contribution >= 4 is 11.8 Å². The predicted molar refractivity (Wildman–Crippen MR) is 87.1 cm³/mol. The van der Waals surface area contributed by atoms with E-state index in [9.17, 15) is 9.59 Å². The van der Waals surface area contributed by atoms with Crippen molar-refractivity contribution < 1.29 is 19.1 Å². The molecule has 1 aromatic carbocycles. The molecule has 0 radical (unpaired) electrons. The number of methoxy groups -OCH3 is 2. The highest BCUT2D eigenvalue weighted by molar-refractivity contribution is 5.96. The van der Waals surface area contributed by atoms with Crippen molar-refractivity contribution in [3.8, 4) is 11.5 Å². The van der Waals surface area contributed by atoms with Crippen molar-refractivity contribution in [3.05, 3.63) is 23.3 Å². The number of carbonyl (C=O) groups is 2. The molecule has 2 amide bonds. The van der Waals surface area contributed by atoms with Crippen LogP contribution in [0.2, 0.25) is 0 Å². The van der Waals surface area contributed by atoms with Crippen LogP contribution < -0.4 is 9.47 Å². The summed E-state index contributed by atoms with van der Waals surface area (Å²) in [6, 6.07) is 3.85. The SMILES string of the molecule is COc1cc2c(cc1OC)[C@H]1CN3C(=O)CC[C@@]3(C)C(=O)N1CC2. The summed E-state index contributed by atoms with van der Waals surface area (Å²) in [7, 11) is 3.23. The van der Waals surface area contributed by atoms with E-state index in [-0.39, 0.29) is 17.9 Å². The highest BCUT2D eigenvalue weighted by Gasteiger charge is 2.55.